The van der Waals surface area contributed by atoms with Gasteiger partial charge in [0.2, 0.25) is 5.95 Å². The number of H-pyrrole nitrogens is 1. The van der Waals surface area contributed by atoms with Crippen LogP contribution in [0.15, 0.2) is 29.3 Å². The average Bonchev–Trinajstić information content (AvgIpc) is 3.23. The number of morpholine rings is 1. The van der Waals surface area contributed by atoms with E-state index in [9.17, 15) is 0 Å². The summed E-state index contributed by atoms with van der Waals surface area (Å²) in [4.78, 5) is 11.7. The Bertz CT molecular complexity index is 971. The molecule has 10 heteroatoms. The molecule has 166 valence electrons. The molecule has 4 N–H and O–H groups in total. The molecule has 0 bridgehead atoms. The van der Waals surface area contributed by atoms with Crippen LogP contribution in [0, 0.1) is 0 Å². The summed E-state index contributed by atoms with van der Waals surface area (Å²) in [6.07, 6.45) is 4.18. The van der Waals surface area contributed by atoms with Crippen molar-refractivity contribution in [1.82, 2.24) is 25.5 Å². The lowest BCUT2D eigenvalue weighted by Gasteiger charge is -2.28. The molecule has 0 unspecified atom stereocenters. The Kier molecular flexibility index (Phi) is 7.44. The molecule has 31 heavy (non-hydrogen) atoms. The first-order valence-corrected chi connectivity index (χ1v) is 11.9. The number of rotatable bonds is 10. The third-order valence-corrected chi connectivity index (χ3v) is 5.91. The van der Waals surface area contributed by atoms with Crippen LogP contribution in [0.5, 0.6) is 0 Å². The molecule has 0 amide bonds. The highest BCUT2D eigenvalue weighted by atomic mass is 32.2. The zero-order valence-electron chi connectivity index (χ0n) is 18.1. The number of hydrogen-bond acceptors (Lipinski definition) is 9. The Balaban J connectivity index is 1.50. The number of aromatic amines is 1. The van der Waals surface area contributed by atoms with Gasteiger partial charge in [0.25, 0.3) is 0 Å². The Labute approximate surface area is 186 Å². The molecule has 3 aromatic rings. The molecule has 1 fully saturated rings. The van der Waals surface area contributed by atoms with Crippen LogP contribution >= 0.6 is 11.8 Å². The van der Waals surface area contributed by atoms with Gasteiger partial charge in [-0.1, -0.05) is 0 Å². The number of thioether (sulfide) groups is 1. The molecule has 1 saturated heterocycles. The van der Waals surface area contributed by atoms with E-state index in [0.29, 0.717) is 5.95 Å². The first-order valence-electron chi connectivity index (χ1n) is 10.7. The molecule has 9 nitrogen and oxygen atoms in total. The van der Waals surface area contributed by atoms with Gasteiger partial charge in [-0.3, -0.25) is 5.10 Å². The number of nitrogens with one attached hydrogen (secondary N) is 4. The summed E-state index contributed by atoms with van der Waals surface area (Å²) in [5, 5.41) is 19.3. The second-order valence-electron chi connectivity index (χ2n) is 7.36. The Hall–Kier alpha value is -2.56. The lowest BCUT2D eigenvalue weighted by molar-refractivity contribution is 0.122. The van der Waals surface area contributed by atoms with Crippen LogP contribution in [0.2, 0.25) is 0 Å². The van der Waals surface area contributed by atoms with Crippen molar-refractivity contribution in [2.45, 2.75) is 17.9 Å². The highest BCUT2D eigenvalue weighted by Gasteiger charge is 2.15. The largest absolute Gasteiger partial charge is 0.378 e. The molecule has 3 heterocycles. The summed E-state index contributed by atoms with van der Waals surface area (Å²) >= 11 is 1.59. The predicted octanol–water partition coefficient (Wildman–Crippen LogP) is 3.07. The van der Waals surface area contributed by atoms with E-state index in [1.165, 1.54) is 5.69 Å². The maximum Gasteiger partial charge on any atom is 0.231 e. The third-order valence-electron chi connectivity index (χ3n) is 5.23. The van der Waals surface area contributed by atoms with Crippen LogP contribution in [0.1, 0.15) is 12.8 Å². The molecule has 2 aromatic heterocycles. The van der Waals surface area contributed by atoms with Gasteiger partial charge in [0.15, 0.2) is 5.65 Å². The summed E-state index contributed by atoms with van der Waals surface area (Å²) in [6.45, 7) is 5.26. The molecule has 0 spiro atoms. The second kappa shape index (κ2) is 10.7. The maximum absolute atomic E-state index is 5.44. The molecule has 1 aliphatic heterocycles. The minimum Gasteiger partial charge on any atom is -0.378 e. The quantitative estimate of drug-likeness (QED) is 0.279. The van der Waals surface area contributed by atoms with Gasteiger partial charge in [0.05, 0.1) is 18.6 Å². The smallest absolute Gasteiger partial charge is 0.231 e. The number of benzene rings is 1. The van der Waals surface area contributed by atoms with Gasteiger partial charge < -0.3 is 25.6 Å². The molecular formula is C21H30N8OS. The van der Waals surface area contributed by atoms with Crippen LogP contribution < -0.4 is 20.9 Å². The SMILES string of the molecule is CNCCCCNc1nc(Nc2ccc(N3CCOCC3)cc2)nc2[nH]nc(SC)c12. The van der Waals surface area contributed by atoms with E-state index in [-0.39, 0.29) is 0 Å². The van der Waals surface area contributed by atoms with Crippen LogP contribution in [0.25, 0.3) is 11.0 Å². The van der Waals surface area contributed by atoms with Gasteiger partial charge in [0, 0.05) is 31.0 Å². The van der Waals surface area contributed by atoms with E-state index in [2.05, 4.69) is 60.3 Å². The van der Waals surface area contributed by atoms with Crippen molar-refractivity contribution in [2.75, 3.05) is 68.2 Å². The number of unbranched alkanes of at least 4 members (excludes halogenated alkanes) is 1. The fourth-order valence-corrected chi connectivity index (χ4v) is 4.11. The van der Waals surface area contributed by atoms with Gasteiger partial charge in [0.1, 0.15) is 10.8 Å². The van der Waals surface area contributed by atoms with Crippen molar-refractivity contribution in [3.05, 3.63) is 24.3 Å². The molecular weight excluding hydrogens is 412 g/mol. The maximum atomic E-state index is 5.44. The van der Waals surface area contributed by atoms with Crippen molar-refractivity contribution in [1.29, 1.82) is 0 Å². The van der Waals surface area contributed by atoms with Crippen molar-refractivity contribution < 1.29 is 4.74 Å². The fraction of sp³-hybridized carbons (Fsp3) is 0.476. The minimum absolute atomic E-state index is 0.542. The minimum atomic E-state index is 0.542. The predicted molar refractivity (Wildman–Crippen MR) is 128 cm³/mol. The molecule has 4 rings (SSSR count). The normalized spacial score (nSPS) is 14.2. The summed E-state index contributed by atoms with van der Waals surface area (Å²) in [5.41, 5.74) is 2.87. The highest BCUT2D eigenvalue weighted by molar-refractivity contribution is 7.98. The van der Waals surface area contributed by atoms with Crippen molar-refractivity contribution in [2.24, 2.45) is 0 Å². The highest BCUT2D eigenvalue weighted by Crippen LogP contribution is 2.30. The molecule has 0 radical (unpaired) electrons. The van der Waals surface area contributed by atoms with Gasteiger partial charge in [-0.2, -0.15) is 15.1 Å². The van der Waals surface area contributed by atoms with E-state index in [4.69, 9.17) is 9.72 Å². The number of anilines is 4. The van der Waals surface area contributed by atoms with Gasteiger partial charge in [-0.25, -0.2) is 0 Å². The lowest BCUT2D eigenvalue weighted by Crippen LogP contribution is -2.36. The van der Waals surface area contributed by atoms with Crippen molar-refractivity contribution >= 4 is 45.9 Å². The fourth-order valence-electron chi connectivity index (χ4n) is 3.58. The zero-order valence-corrected chi connectivity index (χ0v) is 18.9. The second-order valence-corrected chi connectivity index (χ2v) is 8.16. The van der Waals surface area contributed by atoms with E-state index in [0.717, 1.165) is 79.8 Å². The standard InChI is InChI=1S/C21H30N8OS/c1-22-9-3-4-10-23-18-17-19(27-28-20(17)31-2)26-21(25-18)24-15-5-7-16(8-6-15)29-11-13-30-14-12-29/h5-8,22H,3-4,9-14H2,1-2H3,(H3,23,24,25,26,27,28). The Morgan fingerprint density at radius 1 is 1.10 bits per heavy atom. The van der Waals surface area contributed by atoms with Gasteiger partial charge in [-0.15, -0.1) is 11.8 Å². The Morgan fingerprint density at radius 2 is 1.87 bits per heavy atom. The van der Waals surface area contributed by atoms with Crippen LogP contribution in [0.4, 0.5) is 23.1 Å². The summed E-state index contributed by atoms with van der Waals surface area (Å²) < 4.78 is 5.44. The Morgan fingerprint density at radius 3 is 2.61 bits per heavy atom. The lowest BCUT2D eigenvalue weighted by atomic mass is 10.2. The van der Waals surface area contributed by atoms with Crippen molar-refractivity contribution in [3.63, 3.8) is 0 Å². The summed E-state index contributed by atoms with van der Waals surface area (Å²) in [6, 6.07) is 8.36. The summed E-state index contributed by atoms with van der Waals surface area (Å²) in [7, 11) is 1.98. The number of ether oxygens (including phenoxy) is 1. The molecule has 0 aliphatic carbocycles. The monoisotopic (exact) mass is 442 g/mol. The van der Waals surface area contributed by atoms with Gasteiger partial charge in [-0.05, 0) is 57.0 Å². The number of nitrogens with zero attached hydrogens (tertiary/aromatic N) is 4. The van der Waals surface area contributed by atoms with Crippen LogP contribution in [-0.2, 0) is 4.74 Å². The molecule has 1 aliphatic rings. The number of hydrogen-bond donors (Lipinski definition) is 4. The molecule has 1 aromatic carbocycles. The third kappa shape index (κ3) is 5.38. The van der Waals surface area contributed by atoms with Crippen molar-refractivity contribution in [3.8, 4) is 0 Å². The molecule has 0 saturated carbocycles. The number of fused-ring (bicyclic) bond motifs is 1. The average molecular weight is 443 g/mol. The number of aromatic nitrogens is 4. The van der Waals surface area contributed by atoms with Crippen LogP contribution in [0.3, 0.4) is 0 Å². The van der Waals surface area contributed by atoms with E-state index >= 15 is 0 Å². The van der Waals surface area contributed by atoms with E-state index in [1.54, 1.807) is 11.8 Å². The topological polar surface area (TPSA) is 103 Å². The van der Waals surface area contributed by atoms with E-state index in [1.807, 2.05) is 13.3 Å². The first kappa shape index (κ1) is 21.7. The first-order chi connectivity index (χ1) is 15.3. The molecule has 0 atom stereocenters. The zero-order chi connectivity index (χ0) is 21.5. The van der Waals surface area contributed by atoms with E-state index < -0.39 is 0 Å². The van der Waals surface area contributed by atoms with Gasteiger partial charge >= 0.3 is 0 Å². The summed E-state index contributed by atoms with van der Waals surface area (Å²) in [5.74, 6) is 1.35. The van der Waals surface area contributed by atoms with Crippen LogP contribution in [-0.4, -0.2) is 72.9 Å².